The predicted molar refractivity (Wildman–Crippen MR) is 108 cm³/mol. The summed E-state index contributed by atoms with van der Waals surface area (Å²) in [6.45, 7) is 3.49. The molecule has 29 heavy (non-hydrogen) atoms. The lowest BCUT2D eigenvalue weighted by Crippen LogP contribution is -2.14. The van der Waals surface area contributed by atoms with Gasteiger partial charge in [-0.25, -0.2) is 4.98 Å². The Labute approximate surface area is 167 Å². The van der Waals surface area contributed by atoms with Gasteiger partial charge in [0.15, 0.2) is 11.5 Å². The molecule has 0 unspecified atom stereocenters. The molecule has 0 saturated heterocycles. The summed E-state index contributed by atoms with van der Waals surface area (Å²) in [7, 11) is 1.56. The van der Waals surface area contributed by atoms with Crippen LogP contribution >= 0.6 is 0 Å². The second-order valence-corrected chi connectivity index (χ2v) is 6.30. The van der Waals surface area contributed by atoms with Gasteiger partial charge in [0.1, 0.15) is 0 Å². The Morgan fingerprint density at radius 2 is 1.90 bits per heavy atom. The van der Waals surface area contributed by atoms with E-state index in [2.05, 4.69) is 10.3 Å². The minimum atomic E-state index is -0.515. The molecule has 1 aromatic heterocycles. The van der Waals surface area contributed by atoms with Gasteiger partial charge in [-0.15, -0.1) is 0 Å². The average molecular weight is 393 g/mol. The van der Waals surface area contributed by atoms with Crippen molar-refractivity contribution in [2.75, 3.05) is 12.4 Å². The predicted octanol–water partition coefficient (Wildman–Crippen LogP) is 4.66. The number of benzene rings is 2. The van der Waals surface area contributed by atoms with Crippen LogP contribution in [0, 0.1) is 24.0 Å². The van der Waals surface area contributed by atoms with Crippen molar-refractivity contribution in [2.24, 2.45) is 0 Å². The van der Waals surface area contributed by atoms with Crippen molar-refractivity contribution in [2.45, 2.75) is 13.8 Å². The fraction of sp³-hybridized carbons (Fsp3) is 0.143. The van der Waals surface area contributed by atoms with Crippen LogP contribution in [0.4, 0.5) is 11.4 Å². The SMILES string of the molecule is COc1cc(C)ccc1Oc1ccc(NC(=O)c2cccc([N+](=O)[O-])c2C)cn1. The number of rotatable bonds is 6. The number of hydrogen-bond acceptors (Lipinski definition) is 6. The van der Waals surface area contributed by atoms with Crippen LogP contribution in [0.1, 0.15) is 21.5 Å². The highest BCUT2D eigenvalue weighted by atomic mass is 16.6. The van der Waals surface area contributed by atoms with Gasteiger partial charge in [0, 0.05) is 23.3 Å². The van der Waals surface area contributed by atoms with E-state index in [1.807, 2.05) is 19.1 Å². The number of carbonyl (C=O) groups is 1. The fourth-order valence-electron chi connectivity index (χ4n) is 2.75. The molecule has 0 fully saturated rings. The average Bonchev–Trinajstić information content (AvgIpc) is 2.70. The second-order valence-electron chi connectivity index (χ2n) is 6.30. The maximum absolute atomic E-state index is 12.5. The van der Waals surface area contributed by atoms with Crippen LogP contribution in [-0.4, -0.2) is 22.9 Å². The lowest BCUT2D eigenvalue weighted by atomic mass is 10.1. The number of nitro benzene ring substituents is 1. The van der Waals surface area contributed by atoms with Gasteiger partial charge >= 0.3 is 0 Å². The number of pyridine rings is 1. The van der Waals surface area contributed by atoms with Crippen molar-refractivity contribution in [3.8, 4) is 17.4 Å². The van der Waals surface area contributed by atoms with Crippen molar-refractivity contribution >= 4 is 17.3 Å². The highest BCUT2D eigenvalue weighted by Gasteiger charge is 2.18. The van der Waals surface area contributed by atoms with Crippen molar-refractivity contribution in [3.05, 3.63) is 81.5 Å². The molecule has 148 valence electrons. The Bertz CT molecular complexity index is 1060. The lowest BCUT2D eigenvalue weighted by molar-refractivity contribution is -0.385. The molecule has 8 heteroatoms. The number of nitrogens with zero attached hydrogens (tertiary/aromatic N) is 2. The first kappa shape index (κ1) is 19.8. The monoisotopic (exact) mass is 393 g/mol. The molecule has 0 aliphatic carbocycles. The van der Waals surface area contributed by atoms with Gasteiger partial charge in [-0.1, -0.05) is 12.1 Å². The van der Waals surface area contributed by atoms with E-state index in [0.29, 0.717) is 28.6 Å². The number of amides is 1. The highest BCUT2D eigenvalue weighted by Crippen LogP contribution is 2.31. The smallest absolute Gasteiger partial charge is 0.273 e. The van der Waals surface area contributed by atoms with E-state index in [-0.39, 0.29) is 11.3 Å². The summed E-state index contributed by atoms with van der Waals surface area (Å²) < 4.78 is 11.0. The van der Waals surface area contributed by atoms with Crippen LogP contribution < -0.4 is 14.8 Å². The minimum absolute atomic E-state index is 0.105. The molecule has 0 bridgehead atoms. The molecule has 3 rings (SSSR count). The quantitative estimate of drug-likeness (QED) is 0.482. The van der Waals surface area contributed by atoms with E-state index in [0.717, 1.165) is 5.56 Å². The largest absolute Gasteiger partial charge is 0.493 e. The van der Waals surface area contributed by atoms with Crippen LogP contribution in [0.25, 0.3) is 0 Å². The first-order chi connectivity index (χ1) is 13.9. The molecule has 0 aliphatic rings. The van der Waals surface area contributed by atoms with Gasteiger partial charge in [-0.3, -0.25) is 14.9 Å². The zero-order chi connectivity index (χ0) is 21.0. The van der Waals surface area contributed by atoms with E-state index in [1.165, 1.54) is 31.3 Å². The van der Waals surface area contributed by atoms with Gasteiger partial charge in [-0.2, -0.15) is 0 Å². The molecule has 2 aromatic carbocycles. The molecule has 0 spiro atoms. The Morgan fingerprint density at radius 1 is 1.10 bits per heavy atom. The van der Waals surface area contributed by atoms with Crippen LogP contribution in [-0.2, 0) is 0 Å². The number of anilines is 1. The zero-order valence-corrected chi connectivity index (χ0v) is 16.1. The third-order valence-electron chi connectivity index (χ3n) is 4.27. The first-order valence-corrected chi connectivity index (χ1v) is 8.73. The molecule has 0 aliphatic heterocycles. The Morgan fingerprint density at radius 3 is 2.55 bits per heavy atom. The van der Waals surface area contributed by atoms with Gasteiger partial charge in [-0.05, 0) is 43.7 Å². The zero-order valence-electron chi connectivity index (χ0n) is 16.1. The summed E-state index contributed by atoms with van der Waals surface area (Å²) in [5.74, 6) is 0.985. The summed E-state index contributed by atoms with van der Waals surface area (Å²) in [5, 5.41) is 13.7. The number of hydrogen-bond donors (Lipinski definition) is 1. The highest BCUT2D eigenvalue weighted by molar-refractivity contribution is 6.05. The van der Waals surface area contributed by atoms with E-state index in [1.54, 1.807) is 25.3 Å². The van der Waals surface area contributed by atoms with Gasteiger partial charge in [0.05, 0.1) is 23.9 Å². The molecule has 8 nitrogen and oxygen atoms in total. The number of nitrogens with one attached hydrogen (secondary N) is 1. The molecule has 1 heterocycles. The van der Waals surface area contributed by atoms with Gasteiger partial charge in [0.25, 0.3) is 11.6 Å². The van der Waals surface area contributed by atoms with Crippen molar-refractivity contribution < 1.29 is 19.2 Å². The Kier molecular flexibility index (Phi) is 5.73. The van der Waals surface area contributed by atoms with Crippen LogP contribution in [0.15, 0.2) is 54.7 Å². The number of ether oxygens (including phenoxy) is 2. The summed E-state index contributed by atoms with van der Waals surface area (Å²) in [6, 6.07) is 13.1. The molecule has 1 amide bonds. The van der Waals surface area contributed by atoms with Crippen molar-refractivity contribution in [1.29, 1.82) is 0 Å². The number of carbonyl (C=O) groups excluding carboxylic acids is 1. The summed E-state index contributed by atoms with van der Waals surface area (Å²) >= 11 is 0. The molecular weight excluding hydrogens is 374 g/mol. The van der Waals surface area contributed by atoms with Crippen LogP contribution in [0.3, 0.4) is 0 Å². The van der Waals surface area contributed by atoms with Crippen LogP contribution in [0.5, 0.6) is 17.4 Å². The van der Waals surface area contributed by atoms with Gasteiger partial charge in [0.2, 0.25) is 5.88 Å². The Balaban J connectivity index is 1.74. The summed E-state index contributed by atoms with van der Waals surface area (Å²) in [5.41, 5.74) is 1.89. The molecule has 0 atom stereocenters. The summed E-state index contributed by atoms with van der Waals surface area (Å²) in [6.07, 6.45) is 1.45. The number of nitro groups is 1. The maximum Gasteiger partial charge on any atom is 0.273 e. The molecule has 0 radical (unpaired) electrons. The summed E-state index contributed by atoms with van der Waals surface area (Å²) in [4.78, 5) is 27.2. The third-order valence-corrected chi connectivity index (χ3v) is 4.27. The van der Waals surface area contributed by atoms with E-state index in [9.17, 15) is 14.9 Å². The normalized spacial score (nSPS) is 10.3. The van der Waals surface area contributed by atoms with E-state index >= 15 is 0 Å². The Hall–Kier alpha value is -3.94. The van der Waals surface area contributed by atoms with Crippen molar-refractivity contribution in [1.82, 2.24) is 4.98 Å². The molecular formula is C21H19N3O5. The second kappa shape index (κ2) is 8.39. The number of methoxy groups -OCH3 is 1. The van der Waals surface area contributed by atoms with Crippen LogP contribution in [0.2, 0.25) is 0 Å². The molecule has 1 N–H and O–H groups in total. The minimum Gasteiger partial charge on any atom is -0.493 e. The molecule has 3 aromatic rings. The van der Waals surface area contributed by atoms with Crippen molar-refractivity contribution in [3.63, 3.8) is 0 Å². The van der Waals surface area contributed by atoms with E-state index < -0.39 is 10.8 Å². The van der Waals surface area contributed by atoms with E-state index in [4.69, 9.17) is 9.47 Å². The van der Waals surface area contributed by atoms with Gasteiger partial charge < -0.3 is 14.8 Å². The standard InChI is InChI=1S/C21H19N3O5/c1-13-7-9-18(19(11-13)28-3)29-20-10-8-15(12-22-20)23-21(25)16-5-4-6-17(14(16)2)24(26)27/h4-12H,1-3H3,(H,23,25). The number of aromatic nitrogens is 1. The lowest BCUT2D eigenvalue weighted by Gasteiger charge is -2.11. The number of aryl methyl sites for hydroxylation is 1. The molecule has 0 saturated carbocycles. The first-order valence-electron chi connectivity index (χ1n) is 8.73. The maximum atomic E-state index is 12.5. The fourth-order valence-corrected chi connectivity index (χ4v) is 2.75. The topological polar surface area (TPSA) is 104 Å². The third kappa shape index (κ3) is 4.49.